The summed E-state index contributed by atoms with van der Waals surface area (Å²) >= 11 is 0. The summed E-state index contributed by atoms with van der Waals surface area (Å²) in [6.45, 7) is 2.04. The maximum absolute atomic E-state index is 4.40. The molecule has 2 aromatic heterocycles. The predicted octanol–water partition coefficient (Wildman–Crippen LogP) is 2.75. The fraction of sp³-hybridized carbons (Fsp3) is 0.500. The van der Waals surface area contributed by atoms with Crippen molar-refractivity contribution in [3.8, 4) is 0 Å². The molecule has 0 bridgehead atoms. The number of aromatic amines is 1. The van der Waals surface area contributed by atoms with Crippen LogP contribution in [0.15, 0.2) is 30.6 Å². The molecule has 4 nitrogen and oxygen atoms in total. The zero-order chi connectivity index (χ0) is 13.8. The number of hydrogen-bond donors (Lipinski definition) is 1. The van der Waals surface area contributed by atoms with Gasteiger partial charge in [0.1, 0.15) is 0 Å². The lowest BCUT2D eigenvalue weighted by Crippen LogP contribution is -2.19. The van der Waals surface area contributed by atoms with Gasteiger partial charge in [-0.05, 0) is 57.0 Å². The minimum absolute atomic E-state index is 0.732. The number of nitrogens with zero attached hydrogens (tertiary/aromatic N) is 3. The van der Waals surface area contributed by atoms with Crippen molar-refractivity contribution >= 4 is 0 Å². The number of rotatable bonds is 7. The molecule has 2 aromatic rings. The molecule has 0 unspecified atom stereocenters. The Kier molecular flexibility index (Phi) is 4.11. The summed E-state index contributed by atoms with van der Waals surface area (Å²) in [5.74, 6) is 0.732. The predicted molar refractivity (Wildman–Crippen MR) is 79.5 cm³/mol. The highest BCUT2D eigenvalue weighted by atomic mass is 15.2. The molecule has 2 heterocycles. The zero-order valence-electron chi connectivity index (χ0n) is 12.0. The number of pyridine rings is 1. The van der Waals surface area contributed by atoms with Crippen LogP contribution in [0.2, 0.25) is 0 Å². The molecule has 3 rings (SSSR count). The SMILES string of the molecule is CN(CCCc1cccnc1)Cc1cc(C2CC2)n[nH]1. The third-order valence-corrected chi connectivity index (χ3v) is 3.81. The zero-order valence-corrected chi connectivity index (χ0v) is 12.0. The summed E-state index contributed by atoms with van der Waals surface area (Å²) in [7, 11) is 2.17. The van der Waals surface area contributed by atoms with Crippen molar-refractivity contribution in [3.05, 3.63) is 47.5 Å². The highest BCUT2D eigenvalue weighted by Crippen LogP contribution is 2.39. The summed E-state index contributed by atoms with van der Waals surface area (Å²) in [5, 5.41) is 7.56. The van der Waals surface area contributed by atoms with Crippen molar-refractivity contribution in [1.29, 1.82) is 0 Å². The second-order valence-corrected chi connectivity index (χ2v) is 5.79. The molecule has 4 heteroatoms. The fourth-order valence-corrected chi connectivity index (χ4v) is 2.52. The van der Waals surface area contributed by atoms with Gasteiger partial charge in [0, 0.05) is 30.6 Å². The Morgan fingerprint density at radius 3 is 3.05 bits per heavy atom. The van der Waals surface area contributed by atoms with Crippen LogP contribution in [0, 0.1) is 0 Å². The van der Waals surface area contributed by atoms with E-state index < -0.39 is 0 Å². The summed E-state index contributed by atoms with van der Waals surface area (Å²) in [6, 6.07) is 6.38. The first-order valence-electron chi connectivity index (χ1n) is 7.43. The summed E-state index contributed by atoms with van der Waals surface area (Å²) in [4.78, 5) is 6.50. The van der Waals surface area contributed by atoms with Gasteiger partial charge in [0.15, 0.2) is 0 Å². The molecular formula is C16H22N4. The van der Waals surface area contributed by atoms with E-state index in [4.69, 9.17) is 0 Å². The van der Waals surface area contributed by atoms with E-state index in [-0.39, 0.29) is 0 Å². The van der Waals surface area contributed by atoms with Crippen LogP contribution in [0.1, 0.15) is 42.1 Å². The van der Waals surface area contributed by atoms with E-state index in [1.807, 2.05) is 18.5 Å². The quantitative estimate of drug-likeness (QED) is 0.841. The van der Waals surface area contributed by atoms with Gasteiger partial charge in [-0.2, -0.15) is 5.10 Å². The second kappa shape index (κ2) is 6.18. The van der Waals surface area contributed by atoms with Crippen LogP contribution in [0.3, 0.4) is 0 Å². The topological polar surface area (TPSA) is 44.8 Å². The Bertz CT molecular complexity index is 530. The van der Waals surface area contributed by atoms with E-state index in [0.717, 1.165) is 31.8 Å². The summed E-state index contributed by atoms with van der Waals surface area (Å²) in [6.07, 6.45) is 8.65. The number of aryl methyl sites for hydroxylation is 1. The minimum Gasteiger partial charge on any atom is -0.301 e. The van der Waals surface area contributed by atoms with Crippen molar-refractivity contribution in [1.82, 2.24) is 20.1 Å². The lowest BCUT2D eigenvalue weighted by molar-refractivity contribution is 0.318. The molecule has 1 fully saturated rings. The molecule has 0 saturated heterocycles. The van der Waals surface area contributed by atoms with Crippen molar-refractivity contribution < 1.29 is 0 Å². The maximum Gasteiger partial charge on any atom is 0.0656 e. The molecule has 0 radical (unpaired) electrons. The monoisotopic (exact) mass is 270 g/mol. The average Bonchev–Trinajstić information content (AvgIpc) is 3.21. The van der Waals surface area contributed by atoms with Crippen LogP contribution in [-0.4, -0.2) is 33.7 Å². The Hall–Kier alpha value is -1.68. The summed E-state index contributed by atoms with van der Waals surface area (Å²) in [5.41, 5.74) is 3.80. The van der Waals surface area contributed by atoms with Gasteiger partial charge in [0.05, 0.1) is 5.69 Å². The standard InChI is InChI=1S/C16H22N4/c1-20(9-3-5-13-4-2-8-17-11-13)12-15-10-16(19-18-15)14-6-7-14/h2,4,8,10-11,14H,3,5-7,9,12H2,1H3,(H,18,19). The third-order valence-electron chi connectivity index (χ3n) is 3.81. The highest BCUT2D eigenvalue weighted by molar-refractivity contribution is 5.17. The van der Waals surface area contributed by atoms with Gasteiger partial charge < -0.3 is 4.90 Å². The molecular weight excluding hydrogens is 248 g/mol. The van der Waals surface area contributed by atoms with Gasteiger partial charge >= 0.3 is 0 Å². The molecule has 0 spiro atoms. The van der Waals surface area contributed by atoms with Gasteiger partial charge in [-0.3, -0.25) is 10.1 Å². The van der Waals surface area contributed by atoms with Crippen molar-refractivity contribution in [2.24, 2.45) is 0 Å². The first-order valence-corrected chi connectivity index (χ1v) is 7.43. The van der Waals surface area contributed by atoms with E-state index >= 15 is 0 Å². The number of H-pyrrole nitrogens is 1. The van der Waals surface area contributed by atoms with Crippen molar-refractivity contribution in [3.63, 3.8) is 0 Å². The van der Waals surface area contributed by atoms with Crippen molar-refractivity contribution in [2.75, 3.05) is 13.6 Å². The number of aromatic nitrogens is 3. The van der Waals surface area contributed by atoms with Crippen LogP contribution >= 0.6 is 0 Å². The lowest BCUT2D eigenvalue weighted by Gasteiger charge is -2.15. The second-order valence-electron chi connectivity index (χ2n) is 5.79. The van der Waals surface area contributed by atoms with Gasteiger partial charge in [-0.1, -0.05) is 6.07 Å². The Morgan fingerprint density at radius 2 is 2.30 bits per heavy atom. The first-order chi connectivity index (χ1) is 9.81. The fourth-order valence-electron chi connectivity index (χ4n) is 2.52. The largest absolute Gasteiger partial charge is 0.301 e. The van der Waals surface area contributed by atoms with Crippen LogP contribution in [0.25, 0.3) is 0 Å². The average molecular weight is 270 g/mol. The normalized spacial score (nSPS) is 14.9. The smallest absolute Gasteiger partial charge is 0.0656 e. The van der Waals surface area contributed by atoms with Crippen LogP contribution in [-0.2, 0) is 13.0 Å². The summed E-state index contributed by atoms with van der Waals surface area (Å²) < 4.78 is 0. The molecule has 0 atom stereocenters. The van der Waals surface area contributed by atoms with Crippen molar-refractivity contribution in [2.45, 2.75) is 38.1 Å². The maximum atomic E-state index is 4.40. The van der Waals surface area contributed by atoms with Gasteiger partial charge in [-0.25, -0.2) is 0 Å². The van der Waals surface area contributed by atoms with E-state index in [9.17, 15) is 0 Å². The van der Waals surface area contributed by atoms with Crippen LogP contribution in [0.4, 0.5) is 0 Å². The van der Waals surface area contributed by atoms with E-state index in [0.29, 0.717) is 0 Å². The van der Waals surface area contributed by atoms with Gasteiger partial charge in [0.25, 0.3) is 0 Å². The molecule has 0 amide bonds. The molecule has 1 aliphatic carbocycles. The Balaban J connectivity index is 1.41. The van der Waals surface area contributed by atoms with Gasteiger partial charge in [-0.15, -0.1) is 0 Å². The van der Waals surface area contributed by atoms with E-state index in [2.05, 4.69) is 39.3 Å². The third kappa shape index (κ3) is 3.67. The molecule has 1 aliphatic rings. The molecule has 0 aliphatic heterocycles. The van der Waals surface area contributed by atoms with Gasteiger partial charge in [0.2, 0.25) is 0 Å². The Labute approximate surface area is 120 Å². The molecule has 0 aromatic carbocycles. The molecule has 20 heavy (non-hydrogen) atoms. The number of hydrogen-bond acceptors (Lipinski definition) is 3. The Morgan fingerprint density at radius 1 is 1.40 bits per heavy atom. The molecule has 106 valence electrons. The van der Waals surface area contributed by atoms with Crippen LogP contribution < -0.4 is 0 Å². The first kappa shape index (κ1) is 13.3. The van der Waals surface area contributed by atoms with E-state index in [1.54, 1.807) is 0 Å². The van der Waals surface area contributed by atoms with Crippen LogP contribution in [0.5, 0.6) is 0 Å². The molecule has 1 N–H and O–H groups in total. The highest BCUT2D eigenvalue weighted by Gasteiger charge is 2.26. The molecule has 1 saturated carbocycles. The van der Waals surface area contributed by atoms with E-state index in [1.165, 1.54) is 29.8 Å². The lowest BCUT2D eigenvalue weighted by atomic mass is 10.1. The number of nitrogens with one attached hydrogen (secondary N) is 1. The minimum atomic E-state index is 0.732.